The maximum Gasteiger partial charge on any atom is 0.422 e. The number of fused-ring (bicyclic) bond motifs is 1. The molecule has 0 radical (unpaired) electrons. The number of aromatic carboxylic acids is 1. The number of alkyl halides is 3. The Morgan fingerprint density at radius 2 is 1.73 bits per heavy atom. The van der Waals surface area contributed by atoms with E-state index in [-0.39, 0.29) is 58.6 Å². The number of halogens is 4. The van der Waals surface area contributed by atoms with E-state index in [0.717, 1.165) is 6.07 Å². The first-order chi connectivity index (χ1) is 21.0. The average Bonchev–Trinajstić information content (AvgIpc) is 3.38. The van der Waals surface area contributed by atoms with E-state index < -0.39 is 36.0 Å². The fourth-order valence-electron chi connectivity index (χ4n) is 4.64. The van der Waals surface area contributed by atoms with Crippen LogP contribution in [0.5, 0.6) is 11.5 Å². The van der Waals surface area contributed by atoms with E-state index in [1.165, 1.54) is 46.7 Å². The molecular weight excluding hydrogens is 619 g/mol. The molecular formula is C31H31ClF3N3O7. The van der Waals surface area contributed by atoms with Crippen LogP contribution in [0.15, 0.2) is 59.8 Å². The third-order valence-electron chi connectivity index (χ3n) is 6.63. The maximum absolute atomic E-state index is 13.8. The molecule has 10 nitrogen and oxygen atoms in total. The Labute approximate surface area is 260 Å². The number of hydrogen-bond acceptors (Lipinski definition) is 7. The van der Waals surface area contributed by atoms with Crippen LogP contribution in [-0.2, 0) is 16.0 Å². The van der Waals surface area contributed by atoms with Crippen LogP contribution in [-0.4, -0.2) is 62.9 Å². The summed E-state index contributed by atoms with van der Waals surface area (Å²) < 4.78 is 57.9. The molecule has 3 aromatic heterocycles. The molecule has 0 aliphatic carbocycles. The van der Waals surface area contributed by atoms with Gasteiger partial charge in [0.25, 0.3) is 5.56 Å². The lowest BCUT2D eigenvalue weighted by molar-refractivity contribution is -0.153. The second kappa shape index (κ2) is 13.3. The van der Waals surface area contributed by atoms with Crippen LogP contribution >= 0.6 is 11.6 Å². The third-order valence-corrected chi connectivity index (χ3v) is 6.87. The minimum absolute atomic E-state index is 0.0873. The zero-order chi connectivity index (χ0) is 33.1. The largest absolute Gasteiger partial charge is 0.495 e. The molecule has 1 atom stereocenters. The number of imidazole rings is 1. The highest BCUT2D eigenvalue weighted by Gasteiger charge is 2.30. The molecule has 3 heterocycles. The summed E-state index contributed by atoms with van der Waals surface area (Å²) in [5, 5.41) is 9.43. The first-order valence-electron chi connectivity index (χ1n) is 13.7. The Bertz CT molecular complexity index is 1780. The van der Waals surface area contributed by atoms with Gasteiger partial charge < -0.3 is 28.3 Å². The van der Waals surface area contributed by atoms with Gasteiger partial charge in [0.1, 0.15) is 17.1 Å². The van der Waals surface area contributed by atoms with Crippen molar-refractivity contribution < 1.29 is 42.1 Å². The van der Waals surface area contributed by atoms with E-state index in [1.807, 2.05) is 20.8 Å². The van der Waals surface area contributed by atoms with Crippen LogP contribution in [0.1, 0.15) is 49.3 Å². The molecule has 0 bridgehead atoms. The third kappa shape index (κ3) is 8.64. The molecule has 45 heavy (non-hydrogen) atoms. The van der Waals surface area contributed by atoms with Crippen molar-refractivity contribution in [2.24, 2.45) is 0 Å². The minimum atomic E-state index is -4.60. The Balaban J connectivity index is 1.73. The van der Waals surface area contributed by atoms with Gasteiger partial charge in [0.15, 0.2) is 18.1 Å². The molecule has 14 heteroatoms. The molecule has 1 aromatic carbocycles. The van der Waals surface area contributed by atoms with Gasteiger partial charge in [-0.1, -0.05) is 17.7 Å². The van der Waals surface area contributed by atoms with Crippen LogP contribution in [0.4, 0.5) is 13.2 Å². The van der Waals surface area contributed by atoms with Gasteiger partial charge in [-0.3, -0.25) is 9.59 Å². The van der Waals surface area contributed by atoms with Gasteiger partial charge in [-0.15, -0.1) is 0 Å². The molecule has 0 spiro atoms. The number of carboxylic acid groups (broad SMARTS) is 1. The smallest absolute Gasteiger partial charge is 0.422 e. The molecule has 0 saturated heterocycles. The lowest BCUT2D eigenvalue weighted by Gasteiger charge is -2.24. The first-order valence-corrected chi connectivity index (χ1v) is 14.1. The van der Waals surface area contributed by atoms with Crippen molar-refractivity contribution in [3.63, 3.8) is 0 Å². The monoisotopic (exact) mass is 649 g/mol. The number of carbonyl (C=O) groups is 2. The summed E-state index contributed by atoms with van der Waals surface area (Å²) in [6.45, 7) is 4.12. The Hall–Kier alpha value is -4.36. The van der Waals surface area contributed by atoms with E-state index in [9.17, 15) is 32.7 Å². The molecule has 1 unspecified atom stereocenters. The highest BCUT2D eigenvalue weighted by atomic mass is 35.5. The van der Waals surface area contributed by atoms with Crippen LogP contribution in [0, 0.1) is 0 Å². The summed E-state index contributed by atoms with van der Waals surface area (Å²) in [4.78, 5) is 42.7. The van der Waals surface area contributed by atoms with Crippen molar-refractivity contribution in [2.75, 3.05) is 20.3 Å². The van der Waals surface area contributed by atoms with Crippen molar-refractivity contribution in [1.29, 1.82) is 0 Å². The molecule has 0 fully saturated rings. The van der Waals surface area contributed by atoms with Gasteiger partial charge in [-0.2, -0.15) is 13.2 Å². The van der Waals surface area contributed by atoms with Crippen LogP contribution in [0.3, 0.4) is 0 Å². The van der Waals surface area contributed by atoms with Gasteiger partial charge in [0, 0.05) is 47.6 Å². The first kappa shape index (κ1) is 33.5. The standard InChI is InChI=1S/C31H31ClF3N3O7/c1-30(2,3)45-10-9-23(24(39)11-18-5-8-27-36-22(29(41)42)15-37(27)14-18)38-16-26(43-4)21(13-28(38)40)20-12-19(32)6-7-25(20)44-17-31(33,34)35/h5-8,12-16,23H,9-11,17H2,1-4H3,(H,41,42). The molecule has 0 aliphatic rings. The van der Waals surface area contributed by atoms with E-state index in [0.29, 0.717) is 11.2 Å². The van der Waals surface area contributed by atoms with Crippen LogP contribution in [0.2, 0.25) is 5.02 Å². The lowest BCUT2D eigenvalue weighted by Crippen LogP contribution is -2.32. The quantitative estimate of drug-likeness (QED) is 0.198. The average molecular weight is 650 g/mol. The molecule has 0 aliphatic heterocycles. The van der Waals surface area contributed by atoms with Gasteiger partial charge >= 0.3 is 12.1 Å². The lowest BCUT2D eigenvalue weighted by atomic mass is 10.0. The van der Waals surface area contributed by atoms with Gasteiger partial charge in [-0.05, 0) is 57.0 Å². The van der Waals surface area contributed by atoms with Crippen molar-refractivity contribution in [2.45, 2.75) is 51.4 Å². The SMILES string of the molecule is COc1cn(C(CCOC(C)(C)C)C(=O)Cc2ccc3nc(C(=O)O)cn3c2)c(=O)cc1-c1cc(Cl)ccc1OCC(F)(F)F. The summed E-state index contributed by atoms with van der Waals surface area (Å²) >= 11 is 6.14. The van der Waals surface area contributed by atoms with Crippen molar-refractivity contribution in [3.8, 4) is 22.6 Å². The minimum Gasteiger partial charge on any atom is -0.495 e. The zero-order valence-corrected chi connectivity index (χ0v) is 25.6. The summed E-state index contributed by atoms with van der Waals surface area (Å²) in [7, 11) is 1.32. The number of ether oxygens (including phenoxy) is 3. The Kier molecular flexibility index (Phi) is 9.93. The fraction of sp³-hybridized carbons (Fsp3) is 0.355. The fourth-order valence-corrected chi connectivity index (χ4v) is 4.81. The second-order valence-corrected chi connectivity index (χ2v) is 11.6. The number of carbonyl (C=O) groups excluding carboxylic acids is 1. The van der Waals surface area contributed by atoms with Crippen molar-refractivity contribution in [3.05, 3.63) is 81.6 Å². The van der Waals surface area contributed by atoms with Crippen LogP contribution < -0.4 is 15.0 Å². The normalized spacial score (nSPS) is 12.7. The summed E-state index contributed by atoms with van der Waals surface area (Å²) in [5.41, 5.74) is -0.149. The number of pyridine rings is 2. The predicted octanol–water partition coefficient (Wildman–Crippen LogP) is 6.02. The van der Waals surface area contributed by atoms with Crippen molar-refractivity contribution in [1.82, 2.24) is 14.0 Å². The van der Waals surface area contributed by atoms with Crippen molar-refractivity contribution >= 4 is 29.0 Å². The second-order valence-electron chi connectivity index (χ2n) is 11.2. The number of rotatable bonds is 12. The number of aromatic nitrogens is 3. The summed E-state index contributed by atoms with van der Waals surface area (Å²) in [6.07, 6.45) is -0.360. The number of methoxy groups -OCH3 is 1. The molecule has 0 saturated carbocycles. The number of nitrogens with zero attached hydrogens (tertiary/aromatic N) is 3. The Morgan fingerprint density at radius 1 is 1.02 bits per heavy atom. The van der Waals surface area contributed by atoms with Gasteiger partial charge in [-0.25, -0.2) is 9.78 Å². The molecule has 4 aromatic rings. The van der Waals surface area contributed by atoms with Gasteiger partial charge in [0.05, 0.1) is 24.9 Å². The van der Waals surface area contributed by atoms with Crippen LogP contribution in [0.25, 0.3) is 16.8 Å². The maximum atomic E-state index is 13.8. The van der Waals surface area contributed by atoms with Gasteiger partial charge in [0.2, 0.25) is 0 Å². The predicted molar refractivity (Wildman–Crippen MR) is 159 cm³/mol. The number of benzene rings is 1. The summed E-state index contributed by atoms with van der Waals surface area (Å²) in [6, 6.07) is 7.34. The number of hydrogen-bond donors (Lipinski definition) is 1. The molecule has 0 amide bonds. The molecule has 4 rings (SSSR count). The number of Topliss-reactive ketones (excluding diaryl/α,β-unsaturated/α-hetero) is 1. The molecule has 1 N–H and O–H groups in total. The summed E-state index contributed by atoms with van der Waals surface area (Å²) in [5.74, 6) is -1.62. The van der Waals surface area contributed by atoms with E-state index >= 15 is 0 Å². The highest BCUT2D eigenvalue weighted by molar-refractivity contribution is 6.31. The van der Waals surface area contributed by atoms with E-state index in [4.69, 9.17) is 25.8 Å². The van der Waals surface area contributed by atoms with E-state index in [1.54, 1.807) is 18.3 Å². The molecule has 240 valence electrons. The topological polar surface area (TPSA) is 121 Å². The zero-order valence-electron chi connectivity index (χ0n) is 24.9. The number of carboxylic acids is 1. The Morgan fingerprint density at radius 3 is 2.38 bits per heavy atom. The van der Waals surface area contributed by atoms with E-state index in [2.05, 4.69) is 4.98 Å². The number of ketones is 1. The highest BCUT2D eigenvalue weighted by Crippen LogP contribution is 2.38.